The second-order valence-electron chi connectivity index (χ2n) is 4.14. The maximum atomic E-state index is 11.5. The molecule has 1 rings (SSSR count). The molecule has 0 spiro atoms. The van der Waals surface area contributed by atoms with Crippen molar-refractivity contribution in [3.8, 4) is 0 Å². The number of esters is 1. The molecule has 5 nitrogen and oxygen atoms in total. The number of ether oxygens (including phenoxy) is 1. The van der Waals surface area contributed by atoms with Crippen molar-refractivity contribution in [3.63, 3.8) is 0 Å². The lowest BCUT2D eigenvalue weighted by Gasteiger charge is -2.22. The third-order valence-corrected chi connectivity index (χ3v) is 3.83. The normalized spacial score (nSPS) is 31.1. The summed E-state index contributed by atoms with van der Waals surface area (Å²) in [4.78, 5) is 11.5. The van der Waals surface area contributed by atoms with Crippen LogP contribution in [0.4, 0.5) is 0 Å². The Hall–Kier alpha value is -0.620. The predicted molar refractivity (Wildman–Crippen MR) is 53.7 cm³/mol. The van der Waals surface area contributed by atoms with E-state index in [0.29, 0.717) is 6.42 Å². The molecule has 0 aromatic heterocycles. The molecule has 15 heavy (non-hydrogen) atoms. The molecule has 6 heteroatoms. The third-order valence-electron chi connectivity index (χ3n) is 2.39. The molecule has 0 amide bonds. The van der Waals surface area contributed by atoms with Gasteiger partial charge in [-0.2, -0.15) is 8.42 Å². The van der Waals surface area contributed by atoms with Gasteiger partial charge < -0.3 is 4.74 Å². The van der Waals surface area contributed by atoms with Crippen LogP contribution in [0.2, 0.25) is 0 Å². The molecule has 2 atom stereocenters. The van der Waals surface area contributed by atoms with Gasteiger partial charge in [-0.1, -0.05) is 13.8 Å². The zero-order chi connectivity index (χ0) is 11.7. The van der Waals surface area contributed by atoms with Crippen molar-refractivity contribution in [2.75, 3.05) is 12.4 Å². The van der Waals surface area contributed by atoms with Crippen LogP contribution < -0.4 is 0 Å². The molecule has 0 saturated carbocycles. The summed E-state index contributed by atoms with van der Waals surface area (Å²) in [6.07, 6.45) is 0.669. The maximum absolute atomic E-state index is 11.5. The fourth-order valence-corrected chi connectivity index (χ4v) is 2.64. The Morgan fingerprint density at radius 1 is 1.60 bits per heavy atom. The SMILES string of the molecule is CCC(C)C(=O)OC1(C)COS(=O)(=O)C1. The van der Waals surface area contributed by atoms with Gasteiger partial charge in [0.15, 0.2) is 5.60 Å². The van der Waals surface area contributed by atoms with Crippen LogP contribution in [0.5, 0.6) is 0 Å². The molecule has 1 aliphatic rings. The average molecular weight is 236 g/mol. The minimum atomic E-state index is -3.51. The van der Waals surface area contributed by atoms with E-state index in [2.05, 4.69) is 4.18 Å². The van der Waals surface area contributed by atoms with Crippen molar-refractivity contribution in [2.45, 2.75) is 32.8 Å². The van der Waals surface area contributed by atoms with Crippen molar-refractivity contribution < 1.29 is 22.1 Å². The van der Waals surface area contributed by atoms with Gasteiger partial charge in [0.1, 0.15) is 12.4 Å². The van der Waals surface area contributed by atoms with Crippen LogP contribution in [0.15, 0.2) is 0 Å². The molecule has 1 saturated heterocycles. The van der Waals surface area contributed by atoms with Crippen LogP contribution >= 0.6 is 0 Å². The topological polar surface area (TPSA) is 69.7 Å². The molecular weight excluding hydrogens is 220 g/mol. The van der Waals surface area contributed by atoms with Crippen molar-refractivity contribution in [1.82, 2.24) is 0 Å². The molecule has 0 bridgehead atoms. The quantitative estimate of drug-likeness (QED) is 0.532. The Morgan fingerprint density at radius 2 is 2.20 bits per heavy atom. The van der Waals surface area contributed by atoms with Gasteiger partial charge in [-0.25, -0.2) is 0 Å². The molecule has 1 heterocycles. The Bertz CT molecular complexity index is 348. The lowest BCUT2D eigenvalue weighted by molar-refractivity contribution is -0.161. The Kier molecular flexibility index (Phi) is 3.40. The van der Waals surface area contributed by atoms with E-state index in [0.717, 1.165) is 0 Å². The molecule has 0 aromatic rings. The lowest BCUT2D eigenvalue weighted by atomic mass is 10.1. The summed E-state index contributed by atoms with van der Waals surface area (Å²) in [5, 5.41) is 0. The zero-order valence-corrected chi connectivity index (χ0v) is 9.96. The molecule has 1 aliphatic heterocycles. The molecular formula is C9H16O5S. The standard InChI is InChI=1S/C9H16O5S/c1-4-7(2)8(10)14-9(3)5-13-15(11,12)6-9/h7H,4-6H2,1-3H3. The first-order valence-electron chi connectivity index (χ1n) is 4.88. The van der Waals surface area contributed by atoms with Gasteiger partial charge in [-0.3, -0.25) is 8.98 Å². The monoisotopic (exact) mass is 236 g/mol. The van der Waals surface area contributed by atoms with Crippen molar-refractivity contribution in [2.24, 2.45) is 5.92 Å². The highest BCUT2D eigenvalue weighted by molar-refractivity contribution is 7.87. The molecule has 1 fully saturated rings. The third kappa shape index (κ3) is 3.17. The van der Waals surface area contributed by atoms with Crippen LogP contribution in [0.3, 0.4) is 0 Å². The smallest absolute Gasteiger partial charge is 0.309 e. The zero-order valence-electron chi connectivity index (χ0n) is 9.15. The molecule has 88 valence electrons. The number of rotatable bonds is 3. The van der Waals surface area contributed by atoms with Crippen LogP contribution in [0.25, 0.3) is 0 Å². The van der Waals surface area contributed by atoms with Gasteiger partial charge in [0.05, 0.1) is 5.92 Å². The van der Waals surface area contributed by atoms with Crippen molar-refractivity contribution in [1.29, 1.82) is 0 Å². The molecule has 0 N–H and O–H groups in total. The summed E-state index contributed by atoms with van der Waals surface area (Å²) in [5.74, 6) is -0.854. The van der Waals surface area contributed by atoms with Crippen LogP contribution in [-0.4, -0.2) is 32.3 Å². The van der Waals surface area contributed by atoms with E-state index in [-0.39, 0.29) is 24.2 Å². The van der Waals surface area contributed by atoms with Crippen LogP contribution in [0, 0.1) is 5.92 Å². The summed E-state index contributed by atoms with van der Waals surface area (Å²) in [7, 11) is -3.51. The summed E-state index contributed by atoms with van der Waals surface area (Å²) < 4.78 is 31.8. The van der Waals surface area contributed by atoms with Crippen molar-refractivity contribution >= 4 is 16.1 Å². The van der Waals surface area contributed by atoms with E-state index >= 15 is 0 Å². The molecule has 0 radical (unpaired) electrons. The fraction of sp³-hybridized carbons (Fsp3) is 0.889. The highest BCUT2D eigenvalue weighted by Gasteiger charge is 2.43. The lowest BCUT2D eigenvalue weighted by Crippen LogP contribution is -2.37. The van der Waals surface area contributed by atoms with Gasteiger partial charge in [0, 0.05) is 0 Å². The van der Waals surface area contributed by atoms with Gasteiger partial charge >= 0.3 is 5.97 Å². The van der Waals surface area contributed by atoms with E-state index in [9.17, 15) is 13.2 Å². The van der Waals surface area contributed by atoms with E-state index in [1.807, 2.05) is 6.92 Å². The van der Waals surface area contributed by atoms with E-state index in [4.69, 9.17) is 4.74 Å². The van der Waals surface area contributed by atoms with E-state index in [1.165, 1.54) is 0 Å². The van der Waals surface area contributed by atoms with E-state index in [1.54, 1.807) is 13.8 Å². The van der Waals surface area contributed by atoms with Crippen molar-refractivity contribution in [3.05, 3.63) is 0 Å². The second kappa shape index (κ2) is 4.09. The number of carbonyl (C=O) groups excluding carboxylic acids is 1. The largest absolute Gasteiger partial charge is 0.455 e. The summed E-state index contributed by atoms with van der Waals surface area (Å²) in [5.41, 5.74) is -1.03. The second-order valence-corrected chi connectivity index (χ2v) is 5.78. The maximum Gasteiger partial charge on any atom is 0.309 e. The van der Waals surface area contributed by atoms with Crippen LogP contribution in [0.1, 0.15) is 27.2 Å². The fourth-order valence-electron chi connectivity index (χ4n) is 1.24. The predicted octanol–water partition coefficient (Wildman–Crippen LogP) is 0.694. The summed E-state index contributed by atoms with van der Waals surface area (Å²) in [6, 6.07) is 0. The number of carbonyl (C=O) groups is 1. The molecule has 0 aliphatic carbocycles. The minimum absolute atomic E-state index is 0.0858. The average Bonchev–Trinajstić information content (AvgIpc) is 2.39. The summed E-state index contributed by atoms with van der Waals surface area (Å²) in [6.45, 7) is 5.10. The van der Waals surface area contributed by atoms with Gasteiger partial charge in [0.2, 0.25) is 0 Å². The van der Waals surface area contributed by atoms with Gasteiger partial charge in [0.25, 0.3) is 10.1 Å². The Balaban J connectivity index is 2.63. The van der Waals surface area contributed by atoms with Crippen LogP contribution in [-0.2, 0) is 23.8 Å². The molecule has 2 unspecified atom stereocenters. The molecule has 0 aromatic carbocycles. The van der Waals surface area contributed by atoms with Gasteiger partial charge in [-0.15, -0.1) is 0 Å². The Labute approximate surface area is 89.9 Å². The number of hydrogen-bond donors (Lipinski definition) is 0. The summed E-state index contributed by atoms with van der Waals surface area (Å²) >= 11 is 0. The minimum Gasteiger partial charge on any atom is -0.455 e. The van der Waals surface area contributed by atoms with E-state index < -0.39 is 15.7 Å². The highest BCUT2D eigenvalue weighted by atomic mass is 32.2. The first-order chi connectivity index (χ1) is 6.78. The van der Waals surface area contributed by atoms with Gasteiger partial charge in [-0.05, 0) is 13.3 Å². The first kappa shape index (κ1) is 12.4. The first-order valence-corrected chi connectivity index (χ1v) is 6.46. The number of hydrogen-bond acceptors (Lipinski definition) is 5. The highest BCUT2D eigenvalue weighted by Crippen LogP contribution is 2.24. The Morgan fingerprint density at radius 3 is 2.60 bits per heavy atom.